The maximum atomic E-state index is 11.8. The number of ether oxygens (including phenoxy) is 1. The maximum absolute atomic E-state index is 11.8. The third-order valence-electron chi connectivity index (χ3n) is 1.29. The third-order valence-corrected chi connectivity index (χ3v) is 2.43. The number of hydrogen-bond donors (Lipinski definition) is 0. The average molecular weight is 290 g/mol. The molecule has 0 bridgehead atoms. The standard InChI is InChI=1S/C7H4BrClF3NO/c8-5-4(3-9)1-2-13-6(5)14-7(10,11)12/h1-2H,3H2. The summed E-state index contributed by atoms with van der Waals surface area (Å²) in [5.74, 6) is -0.451. The van der Waals surface area contributed by atoms with Crippen LogP contribution in [0.4, 0.5) is 13.2 Å². The Bertz CT molecular complexity index is 331. The molecular weight excluding hydrogens is 286 g/mol. The fraction of sp³-hybridized carbons (Fsp3) is 0.286. The first kappa shape index (κ1) is 11.6. The highest BCUT2D eigenvalue weighted by Crippen LogP contribution is 2.31. The van der Waals surface area contributed by atoms with E-state index in [0.29, 0.717) is 5.56 Å². The average Bonchev–Trinajstić information content (AvgIpc) is 2.06. The minimum atomic E-state index is -4.75. The van der Waals surface area contributed by atoms with Crippen LogP contribution >= 0.6 is 27.5 Å². The van der Waals surface area contributed by atoms with Gasteiger partial charge in [-0.3, -0.25) is 0 Å². The van der Waals surface area contributed by atoms with Gasteiger partial charge in [0.1, 0.15) is 0 Å². The lowest BCUT2D eigenvalue weighted by Gasteiger charge is -2.10. The van der Waals surface area contributed by atoms with E-state index in [-0.39, 0.29) is 10.4 Å². The molecule has 0 N–H and O–H groups in total. The summed E-state index contributed by atoms with van der Waals surface area (Å²) < 4.78 is 39.3. The minimum Gasteiger partial charge on any atom is -0.387 e. The first-order valence-electron chi connectivity index (χ1n) is 3.39. The zero-order chi connectivity index (χ0) is 10.8. The van der Waals surface area contributed by atoms with Crippen LogP contribution < -0.4 is 4.74 Å². The van der Waals surface area contributed by atoms with Crippen molar-refractivity contribution in [1.82, 2.24) is 4.98 Å². The lowest BCUT2D eigenvalue weighted by atomic mass is 10.3. The molecule has 78 valence electrons. The first-order valence-corrected chi connectivity index (χ1v) is 4.72. The summed E-state index contributed by atoms with van der Waals surface area (Å²) in [5, 5.41) is 0. The molecule has 0 fully saturated rings. The molecular formula is C7H4BrClF3NO. The summed E-state index contributed by atoms with van der Waals surface area (Å²) in [7, 11) is 0. The van der Waals surface area contributed by atoms with E-state index in [9.17, 15) is 13.2 Å². The highest BCUT2D eigenvalue weighted by atomic mass is 79.9. The summed E-state index contributed by atoms with van der Waals surface area (Å²) in [4.78, 5) is 3.42. The Labute approximate surface area is 91.2 Å². The monoisotopic (exact) mass is 289 g/mol. The summed E-state index contributed by atoms with van der Waals surface area (Å²) in [6.07, 6.45) is -3.55. The quantitative estimate of drug-likeness (QED) is 0.778. The molecule has 0 saturated heterocycles. The normalized spacial score (nSPS) is 11.5. The lowest BCUT2D eigenvalue weighted by Crippen LogP contribution is -2.18. The molecule has 0 amide bonds. The van der Waals surface area contributed by atoms with E-state index in [1.807, 2.05) is 0 Å². The van der Waals surface area contributed by atoms with Gasteiger partial charge in [-0.05, 0) is 27.6 Å². The molecule has 1 aromatic heterocycles. The van der Waals surface area contributed by atoms with Crippen molar-refractivity contribution in [3.63, 3.8) is 0 Å². The van der Waals surface area contributed by atoms with Crippen molar-refractivity contribution in [1.29, 1.82) is 0 Å². The Morgan fingerprint density at radius 3 is 2.64 bits per heavy atom. The molecule has 0 saturated carbocycles. The van der Waals surface area contributed by atoms with Gasteiger partial charge in [0.05, 0.1) is 4.47 Å². The second-order valence-corrected chi connectivity index (χ2v) is 3.33. The fourth-order valence-electron chi connectivity index (χ4n) is 0.746. The molecule has 1 aromatic rings. The Kier molecular flexibility index (Phi) is 3.60. The van der Waals surface area contributed by atoms with Gasteiger partial charge in [0.15, 0.2) is 0 Å². The van der Waals surface area contributed by atoms with Crippen molar-refractivity contribution in [2.24, 2.45) is 0 Å². The largest absolute Gasteiger partial charge is 0.574 e. The Morgan fingerprint density at radius 2 is 2.14 bits per heavy atom. The van der Waals surface area contributed by atoms with Crippen LogP contribution in [0.2, 0.25) is 0 Å². The maximum Gasteiger partial charge on any atom is 0.574 e. The summed E-state index contributed by atoms with van der Waals surface area (Å²) >= 11 is 8.40. The summed E-state index contributed by atoms with van der Waals surface area (Å²) in [6.45, 7) is 0. The highest BCUT2D eigenvalue weighted by molar-refractivity contribution is 9.10. The predicted octanol–water partition coefficient (Wildman–Crippen LogP) is 3.48. The van der Waals surface area contributed by atoms with Gasteiger partial charge in [0, 0.05) is 12.1 Å². The zero-order valence-electron chi connectivity index (χ0n) is 6.61. The van der Waals surface area contributed by atoms with Crippen LogP contribution in [0.25, 0.3) is 0 Å². The third kappa shape index (κ3) is 3.02. The molecule has 0 unspecified atom stereocenters. The zero-order valence-corrected chi connectivity index (χ0v) is 8.95. The van der Waals surface area contributed by atoms with Gasteiger partial charge in [-0.1, -0.05) is 0 Å². The molecule has 0 atom stereocenters. The van der Waals surface area contributed by atoms with Crippen LogP contribution in [0.1, 0.15) is 5.56 Å². The summed E-state index contributed by atoms with van der Waals surface area (Å²) in [6, 6.07) is 1.50. The van der Waals surface area contributed by atoms with E-state index in [2.05, 4.69) is 25.7 Å². The fourth-order valence-corrected chi connectivity index (χ4v) is 1.59. The van der Waals surface area contributed by atoms with Crippen molar-refractivity contribution >= 4 is 27.5 Å². The van der Waals surface area contributed by atoms with Crippen molar-refractivity contribution in [2.45, 2.75) is 12.2 Å². The van der Waals surface area contributed by atoms with E-state index < -0.39 is 12.2 Å². The van der Waals surface area contributed by atoms with Crippen LogP contribution in [0.15, 0.2) is 16.7 Å². The SMILES string of the molecule is FC(F)(F)Oc1nccc(CCl)c1Br. The molecule has 0 aliphatic heterocycles. The molecule has 0 aliphatic rings. The predicted molar refractivity (Wildman–Crippen MR) is 48.2 cm³/mol. The molecule has 0 aromatic carbocycles. The van der Waals surface area contributed by atoms with E-state index in [4.69, 9.17) is 11.6 Å². The van der Waals surface area contributed by atoms with Crippen LogP contribution in [0.3, 0.4) is 0 Å². The van der Waals surface area contributed by atoms with Crippen LogP contribution in [0.5, 0.6) is 5.88 Å². The van der Waals surface area contributed by atoms with Gasteiger partial charge in [-0.25, -0.2) is 4.98 Å². The molecule has 0 aliphatic carbocycles. The molecule has 14 heavy (non-hydrogen) atoms. The molecule has 0 radical (unpaired) electrons. The second-order valence-electron chi connectivity index (χ2n) is 2.27. The van der Waals surface area contributed by atoms with Gasteiger partial charge in [0.2, 0.25) is 5.88 Å². The molecule has 7 heteroatoms. The van der Waals surface area contributed by atoms with Gasteiger partial charge in [-0.2, -0.15) is 0 Å². The Hall–Kier alpha value is -0.490. The Balaban J connectivity index is 2.98. The number of aromatic nitrogens is 1. The van der Waals surface area contributed by atoms with Gasteiger partial charge in [0.25, 0.3) is 0 Å². The smallest absolute Gasteiger partial charge is 0.387 e. The number of alkyl halides is 4. The molecule has 1 heterocycles. The Morgan fingerprint density at radius 1 is 1.50 bits per heavy atom. The lowest BCUT2D eigenvalue weighted by molar-refractivity contribution is -0.276. The first-order chi connectivity index (χ1) is 6.44. The topological polar surface area (TPSA) is 22.1 Å². The second kappa shape index (κ2) is 4.35. The number of halogens is 5. The van der Waals surface area contributed by atoms with Crippen molar-refractivity contribution in [3.8, 4) is 5.88 Å². The number of rotatable bonds is 2. The van der Waals surface area contributed by atoms with Crippen molar-refractivity contribution in [2.75, 3.05) is 0 Å². The number of hydrogen-bond acceptors (Lipinski definition) is 2. The van der Waals surface area contributed by atoms with Crippen LogP contribution in [-0.2, 0) is 5.88 Å². The molecule has 1 rings (SSSR count). The van der Waals surface area contributed by atoms with Crippen molar-refractivity contribution in [3.05, 3.63) is 22.3 Å². The van der Waals surface area contributed by atoms with Crippen molar-refractivity contribution < 1.29 is 17.9 Å². The molecule has 0 spiro atoms. The van der Waals surface area contributed by atoms with Gasteiger partial charge < -0.3 is 4.74 Å². The van der Waals surface area contributed by atoms with Gasteiger partial charge >= 0.3 is 6.36 Å². The molecule has 2 nitrogen and oxygen atoms in total. The highest BCUT2D eigenvalue weighted by Gasteiger charge is 2.32. The van der Waals surface area contributed by atoms with Gasteiger partial charge in [-0.15, -0.1) is 24.8 Å². The van der Waals surface area contributed by atoms with E-state index in [0.717, 1.165) is 0 Å². The minimum absolute atomic E-state index is 0.0807. The van der Waals surface area contributed by atoms with E-state index >= 15 is 0 Å². The number of pyridine rings is 1. The van der Waals surface area contributed by atoms with E-state index in [1.54, 1.807) is 0 Å². The van der Waals surface area contributed by atoms with Crippen LogP contribution in [0, 0.1) is 0 Å². The van der Waals surface area contributed by atoms with Crippen LogP contribution in [-0.4, -0.2) is 11.3 Å². The summed E-state index contributed by atoms with van der Waals surface area (Å²) in [5.41, 5.74) is 0.487. The number of nitrogens with zero attached hydrogens (tertiary/aromatic N) is 1. The van der Waals surface area contributed by atoms with E-state index in [1.165, 1.54) is 12.3 Å².